The van der Waals surface area contributed by atoms with Gasteiger partial charge in [-0.1, -0.05) is 11.6 Å². The third kappa shape index (κ3) is 4.38. The standard InChI is InChI=1S/C11H18ClN3O2/c1-2-15(5-7-17-8-6-16)11-9(13)3-4-10(12)14-11/h3-4,16H,2,5-8,13H2,1H3. The van der Waals surface area contributed by atoms with E-state index in [1.807, 2.05) is 11.8 Å². The van der Waals surface area contributed by atoms with Gasteiger partial charge in [0.1, 0.15) is 5.15 Å². The van der Waals surface area contributed by atoms with E-state index >= 15 is 0 Å². The fraction of sp³-hybridized carbons (Fsp3) is 0.545. The molecule has 0 aliphatic heterocycles. The molecule has 0 radical (unpaired) electrons. The SMILES string of the molecule is CCN(CCOCCO)c1nc(Cl)ccc1N. The molecule has 1 heterocycles. The lowest BCUT2D eigenvalue weighted by Crippen LogP contribution is -2.29. The number of likely N-dealkylation sites (N-methyl/N-ethyl adjacent to an activating group) is 1. The number of nitrogen functional groups attached to an aromatic ring is 1. The third-order valence-electron chi connectivity index (χ3n) is 2.29. The molecule has 3 N–H and O–H groups in total. The van der Waals surface area contributed by atoms with Crippen LogP contribution >= 0.6 is 11.6 Å². The van der Waals surface area contributed by atoms with Crippen LogP contribution in [0.2, 0.25) is 5.15 Å². The van der Waals surface area contributed by atoms with Crippen LogP contribution in [0.1, 0.15) is 6.92 Å². The Balaban J connectivity index is 2.62. The first-order valence-electron chi connectivity index (χ1n) is 5.54. The van der Waals surface area contributed by atoms with E-state index in [1.165, 1.54) is 0 Å². The molecule has 0 fully saturated rings. The Morgan fingerprint density at radius 2 is 2.24 bits per heavy atom. The van der Waals surface area contributed by atoms with Gasteiger partial charge in [0.15, 0.2) is 5.82 Å². The zero-order valence-corrected chi connectivity index (χ0v) is 10.7. The van der Waals surface area contributed by atoms with Crippen molar-refractivity contribution in [2.45, 2.75) is 6.92 Å². The third-order valence-corrected chi connectivity index (χ3v) is 2.50. The second-order valence-electron chi connectivity index (χ2n) is 3.46. The summed E-state index contributed by atoms with van der Waals surface area (Å²) in [6, 6.07) is 3.40. The van der Waals surface area contributed by atoms with Gasteiger partial charge in [-0.3, -0.25) is 0 Å². The van der Waals surface area contributed by atoms with E-state index in [0.29, 0.717) is 36.4 Å². The van der Waals surface area contributed by atoms with E-state index in [2.05, 4.69) is 4.98 Å². The highest BCUT2D eigenvalue weighted by Gasteiger charge is 2.10. The molecule has 0 aliphatic carbocycles. The summed E-state index contributed by atoms with van der Waals surface area (Å²) in [4.78, 5) is 6.19. The van der Waals surface area contributed by atoms with Crippen molar-refractivity contribution in [2.24, 2.45) is 0 Å². The van der Waals surface area contributed by atoms with E-state index in [9.17, 15) is 0 Å². The van der Waals surface area contributed by atoms with E-state index in [-0.39, 0.29) is 6.61 Å². The van der Waals surface area contributed by atoms with Gasteiger partial charge < -0.3 is 20.5 Å². The van der Waals surface area contributed by atoms with Gasteiger partial charge >= 0.3 is 0 Å². The Morgan fingerprint density at radius 1 is 1.47 bits per heavy atom. The molecule has 1 aromatic heterocycles. The zero-order valence-electron chi connectivity index (χ0n) is 9.90. The summed E-state index contributed by atoms with van der Waals surface area (Å²) in [7, 11) is 0. The van der Waals surface area contributed by atoms with Crippen LogP contribution in [0.4, 0.5) is 11.5 Å². The molecule has 1 aromatic rings. The molecule has 0 bridgehead atoms. The summed E-state index contributed by atoms with van der Waals surface area (Å²) >= 11 is 5.84. The quantitative estimate of drug-likeness (QED) is 0.568. The average Bonchev–Trinajstić information content (AvgIpc) is 2.33. The van der Waals surface area contributed by atoms with Crippen molar-refractivity contribution >= 4 is 23.1 Å². The predicted molar refractivity (Wildman–Crippen MR) is 69.5 cm³/mol. The molecule has 0 atom stereocenters. The van der Waals surface area contributed by atoms with Gasteiger partial charge in [-0.25, -0.2) is 4.98 Å². The molecule has 0 spiro atoms. The number of pyridine rings is 1. The van der Waals surface area contributed by atoms with Crippen molar-refractivity contribution in [3.63, 3.8) is 0 Å². The van der Waals surface area contributed by atoms with Gasteiger partial charge in [-0.2, -0.15) is 0 Å². The number of hydrogen-bond acceptors (Lipinski definition) is 5. The molecule has 0 amide bonds. The summed E-state index contributed by atoms with van der Waals surface area (Å²) in [5.74, 6) is 0.674. The van der Waals surface area contributed by atoms with Crippen LogP contribution in [0, 0.1) is 0 Å². The normalized spacial score (nSPS) is 10.5. The lowest BCUT2D eigenvalue weighted by atomic mass is 10.3. The maximum Gasteiger partial charge on any atom is 0.153 e. The zero-order chi connectivity index (χ0) is 12.7. The molecule has 96 valence electrons. The number of aromatic nitrogens is 1. The molecule has 5 nitrogen and oxygen atoms in total. The van der Waals surface area contributed by atoms with E-state index in [4.69, 9.17) is 27.2 Å². The van der Waals surface area contributed by atoms with Crippen LogP contribution in [-0.2, 0) is 4.74 Å². The smallest absolute Gasteiger partial charge is 0.153 e. The highest BCUT2D eigenvalue weighted by molar-refractivity contribution is 6.29. The highest BCUT2D eigenvalue weighted by atomic mass is 35.5. The van der Waals surface area contributed by atoms with Crippen molar-refractivity contribution in [3.05, 3.63) is 17.3 Å². The summed E-state index contributed by atoms with van der Waals surface area (Å²) in [6.07, 6.45) is 0. The van der Waals surface area contributed by atoms with Gasteiger partial charge in [0.2, 0.25) is 0 Å². The molecular formula is C11H18ClN3O2. The molecule has 17 heavy (non-hydrogen) atoms. The molecule has 0 saturated carbocycles. The van der Waals surface area contributed by atoms with Gasteiger partial charge in [0.05, 0.1) is 25.5 Å². The number of rotatable bonds is 7. The highest BCUT2D eigenvalue weighted by Crippen LogP contribution is 2.22. The van der Waals surface area contributed by atoms with E-state index in [1.54, 1.807) is 12.1 Å². The van der Waals surface area contributed by atoms with Gasteiger partial charge in [0, 0.05) is 13.1 Å². The Labute approximate surface area is 106 Å². The molecular weight excluding hydrogens is 242 g/mol. The van der Waals surface area contributed by atoms with Crippen molar-refractivity contribution in [3.8, 4) is 0 Å². The number of ether oxygens (including phenoxy) is 1. The maximum absolute atomic E-state index is 8.60. The van der Waals surface area contributed by atoms with Gasteiger partial charge in [-0.15, -0.1) is 0 Å². The minimum Gasteiger partial charge on any atom is -0.396 e. The van der Waals surface area contributed by atoms with Gasteiger partial charge in [-0.05, 0) is 19.1 Å². The molecule has 0 saturated heterocycles. The Kier molecular flexibility index (Phi) is 6.04. The molecule has 0 aliphatic rings. The number of nitrogens with zero attached hydrogens (tertiary/aromatic N) is 2. The van der Waals surface area contributed by atoms with E-state index < -0.39 is 0 Å². The minimum absolute atomic E-state index is 0.0314. The Bertz CT molecular complexity index is 349. The summed E-state index contributed by atoms with van der Waals surface area (Å²) in [6.45, 7) is 4.32. The monoisotopic (exact) mass is 259 g/mol. The maximum atomic E-state index is 8.60. The van der Waals surface area contributed by atoms with Crippen LogP contribution in [0.5, 0.6) is 0 Å². The number of halogens is 1. The average molecular weight is 260 g/mol. The largest absolute Gasteiger partial charge is 0.396 e. The Hall–Kier alpha value is -1.04. The summed E-state index contributed by atoms with van der Waals surface area (Å²) in [5, 5.41) is 9.02. The topological polar surface area (TPSA) is 71.6 Å². The van der Waals surface area contributed by atoms with Crippen molar-refractivity contribution in [2.75, 3.05) is 43.5 Å². The van der Waals surface area contributed by atoms with Crippen LogP contribution in [-0.4, -0.2) is 43.0 Å². The lowest BCUT2D eigenvalue weighted by molar-refractivity contribution is 0.0967. The number of anilines is 2. The summed E-state index contributed by atoms with van der Waals surface area (Å²) < 4.78 is 5.21. The second-order valence-corrected chi connectivity index (χ2v) is 3.85. The fourth-order valence-electron chi connectivity index (χ4n) is 1.44. The molecule has 1 rings (SSSR count). The number of aliphatic hydroxyl groups is 1. The van der Waals surface area contributed by atoms with Crippen molar-refractivity contribution in [1.29, 1.82) is 0 Å². The predicted octanol–water partition coefficient (Wildman–Crippen LogP) is 1.15. The van der Waals surface area contributed by atoms with Crippen LogP contribution < -0.4 is 10.6 Å². The number of hydrogen-bond donors (Lipinski definition) is 2. The molecule has 6 heteroatoms. The van der Waals surface area contributed by atoms with Gasteiger partial charge in [0.25, 0.3) is 0 Å². The van der Waals surface area contributed by atoms with Crippen LogP contribution in [0.15, 0.2) is 12.1 Å². The van der Waals surface area contributed by atoms with Crippen molar-refractivity contribution in [1.82, 2.24) is 4.98 Å². The summed E-state index contributed by atoms with van der Waals surface area (Å²) in [5.41, 5.74) is 6.45. The molecule has 0 unspecified atom stereocenters. The second kappa shape index (κ2) is 7.32. The first kappa shape index (κ1) is 14.0. The Morgan fingerprint density at radius 3 is 2.88 bits per heavy atom. The van der Waals surface area contributed by atoms with Crippen LogP contribution in [0.3, 0.4) is 0 Å². The van der Waals surface area contributed by atoms with Crippen molar-refractivity contribution < 1.29 is 9.84 Å². The fourth-order valence-corrected chi connectivity index (χ4v) is 1.59. The number of nitrogens with two attached hydrogens (primary N) is 1. The lowest BCUT2D eigenvalue weighted by Gasteiger charge is -2.23. The van der Waals surface area contributed by atoms with Crippen LogP contribution in [0.25, 0.3) is 0 Å². The first-order valence-corrected chi connectivity index (χ1v) is 5.92. The molecule has 0 aromatic carbocycles. The first-order chi connectivity index (χ1) is 8.19. The minimum atomic E-state index is 0.0314. The number of aliphatic hydroxyl groups excluding tert-OH is 1. The van der Waals surface area contributed by atoms with E-state index in [0.717, 1.165) is 6.54 Å².